The molecule has 0 fully saturated rings. The standard InChI is InChI=1S/C15H18N2O3S2/c1-16-10-11-9-12(17-22(18)19)3-8-15(11)20-13-4-6-14(21-2)7-5-13/h3-9,16,22H,10H2,1-2H3,(H,17,18,19). The van der Waals surface area contributed by atoms with E-state index < -0.39 is 10.9 Å². The number of benzene rings is 2. The number of hydrogen-bond donors (Lipinski definition) is 3. The lowest BCUT2D eigenvalue weighted by Gasteiger charge is -2.13. The van der Waals surface area contributed by atoms with E-state index in [4.69, 9.17) is 4.74 Å². The van der Waals surface area contributed by atoms with Crippen LogP contribution in [-0.2, 0) is 17.4 Å². The molecule has 0 saturated heterocycles. The van der Waals surface area contributed by atoms with Crippen molar-refractivity contribution in [3.63, 3.8) is 0 Å². The van der Waals surface area contributed by atoms with Crippen LogP contribution >= 0.6 is 11.8 Å². The Hall–Kier alpha value is -1.70. The molecule has 0 radical (unpaired) electrons. The maximum Gasteiger partial charge on any atom is 0.222 e. The van der Waals surface area contributed by atoms with Gasteiger partial charge in [-0.15, -0.1) is 11.8 Å². The zero-order chi connectivity index (χ0) is 15.9. The molecule has 2 aromatic carbocycles. The predicted molar refractivity (Wildman–Crippen MR) is 91.4 cm³/mol. The second-order valence-electron chi connectivity index (χ2n) is 4.50. The molecule has 0 unspecified atom stereocenters. The molecule has 0 heterocycles. The lowest BCUT2D eigenvalue weighted by molar-refractivity contribution is 0.474. The first-order valence-corrected chi connectivity index (χ1v) is 9.03. The summed E-state index contributed by atoms with van der Waals surface area (Å²) >= 11 is 1.67. The summed E-state index contributed by atoms with van der Waals surface area (Å²) < 4.78 is 29.8. The van der Waals surface area contributed by atoms with Crippen molar-refractivity contribution in [3.8, 4) is 11.5 Å². The van der Waals surface area contributed by atoms with Gasteiger partial charge in [0.05, 0.1) is 0 Å². The highest BCUT2D eigenvalue weighted by molar-refractivity contribution is 7.98. The number of thiol groups is 1. The average molecular weight is 338 g/mol. The monoisotopic (exact) mass is 338 g/mol. The van der Waals surface area contributed by atoms with Crippen LogP contribution in [0.2, 0.25) is 0 Å². The highest BCUT2D eigenvalue weighted by Gasteiger charge is 2.07. The summed E-state index contributed by atoms with van der Waals surface area (Å²) in [6, 6.07) is 13.0. The number of anilines is 1. The molecule has 0 aliphatic carbocycles. The van der Waals surface area contributed by atoms with Gasteiger partial charge < -0.3 is 10.1 Å². The third kappa shape index (κ3) is 4.66. The van der Waals surface area contributed by atoms with Crippen LogP contribution in [0.15, 0.2) is 47.4 Å². The minimum absolute atomic E-state index is 0.520. The van der Waals surface area contributed by atoms with E-state index in [1.54, 1.807) is 30.0 Å². The molecule has 7 heteroatoms. The van der Waals surface area contributed by atoms with E-state index in [0.29, 0.717) is 18.0 Å². The number of thioether (sulfide) groups is 1. The summed E-state index contributed by atoms with van der Waals surface area (Å²) in [7, 11) is -0.851. The Morgan fingerprint density at radius 1 is 1.14 bits per heavy atom. The van der Waals surface area contributed by atoms with Crippen molar-refractivity contribution in [3.05, 3.63) is 48.0 Å². The third-order valence-corrected chi connectivity index (χ3v) is 4.12. The van der Waals surface area contributed by atoms with E-state index in [0.717, 1.165) is 11.3 Å². The van der Waals surface area contributed by atoms with E-state index >= 15 is 0 Å². The van der Waals surface area contributed by atoms with Gasteiger partial charge in [0.25, 0.3) is 0 Å². The molecule has 0 amide bonds. The SMILES string of the molecule is CNCc1cc(N[SH](=O)=O)ccc1Oc1ccc(SC)cc1. The number of rotatable bonds is 7. The van der Waals surface area contributed by atoms with Crippen LogP contribution in [0.25, 0.3) is 0 Å². The van der Waals surface area contributed by atoms with Gasteiger partial charge in [-0.2, -0.15) is 0 Å². The van der Waals surface area contributed by atoms with Crippen LogP contribution in [0.4, 0.5) is 5.69 Å². The zero-order valence-electron chi connectivity index (χ0n) is 12.3. The molecule has 2 N–H and O–H groups in total. The maximum atomic E-state index is 10.8. The van der Waals surface area contributed by atoms with Crippen LogP contribution in [0, 0.1) is 0 Å². The van der Waals surface area contributed by atoms with Crippen molar-refractivity contribution in [1.82, 2.24) is 5.32 Å². The Morgan fingerprint density at radius 2 is 1.86 bits per heavy atom. The first-order valence-electron chi connectivity index (χ1n) is 6.63. The average Bonchev–Trinajstić information content (AvgIpc) is 2.50. The first kappa shape index (κ1) is 16.7. The molecule has 0 aliphatic heterocycles. The lowest BCUT2D eigenvalue weighted by Crippen LogP contribution is -2.07. The maximum absolute atomic E-state index is 10.8. The fourth-order valence-electron chi connectivity index (χ4n) is 1.95. The minimum Gasteiger partial charge on any atom is -0.457 e. The van der Waals surface area contributed by atoms with Crippen LogP contribution in [-0.4, -0.2) is 21.7 Å². The molecule has 22 heavy (non-hydrogen) atoms. The van der Waals surface area contributed by atoms with Crippen LogP contribution in [0.3, 0.4) is 0 Å². The summed E-state index contributed by atoms with van der Waals surface area (Å²) in [5, 5.41) is 3.05. The van der Waals surface area contributed by atoms with Gasteiger partial charge in [0, 0.05) is 22.7 Å². The molecule has 118 valence electrons. The van der Waals surface area contributed by atoms with E-state index in [1.165, 1.54) is 4.90 Å². The Balaban J connectivity index is 2.24. The number of ether oxygens (including phenoxy) is 1. The van der Waals surface area contributed by atoms with Gasteiger partial charge in [-0.05, 0) is 55.8 Å². The third-order valence-electron chi connectivity index (χ3n) is 2.94. The molecule has 0 saturated carbocycles. The molecule has 5 nitrogen and oxygen atoms in total. The molecule has 0 spiro atoms. The fourth-order valence-corrected chi connectivity index (χ4v) is 2.71. The van der Waals surface area contributed by atoms with Crippen LogP contribution in [0.1, 0.15) is 5.56 Å². The predicted octanol–water partition coefficient (Wildman–Crippen LogP) is 2.86. The zero-order valence-corrected chi connectivity index (χ0v) is 14.0. The molecule has 2 aromatic rings. The molecule has 0 aliphatic rings. The quantitative estimate of drug-likeness (QED) is 0.535. The van der Waals surface area contributed by atoms with E-state index in [-0.39, 0.29) is 0 Å². The Kier molecular flexibility index (Phi) is 6.11. The molecular formula is C15H18N2O3S2. The Labute approximate surface area is 136 Å². The van der Waals surface area contributed by atoms with Gasteiger partial charge in [0.1, 0.15) is 11.5 Å². The topological polar surface area (TPSA) is 67.4 Å². The highest BCUT2D eigenvalue weighted by atomic mass is 32.2. The van der Waals surface area contributed by atoms with Gasteiger partial charge in [0.2, 0.25) is 10.9 Å². The summed E-state index contributed by atoms with van der Waals surface area (Å²) in [6.45, 7) is 0.573. The molecule has 2 rings (SSSR count). The van der Waals surface area contributed by atoms with E-state index in [9.17, 15) is 8.42 Å². The van der Waals surface area contributed by atoms with Crippen molar-refractivity contribution in [2.24, 2.45) is 0 Å². The van der Waals surface area contributed by atoms with Gasteiger partial charge >= 0.3 is 0 Å². The largest absolute Gasteiger partial charge is 0.457 e. The molecule has 0 atom stereocenters. The van der Waals surface area contributed by atoms with E-state index in [2.05, 4.69) is 10.0 Å². The Bertz CT molecular complexity index is 692. The summed E-state index contributed by atoms with van der Waals surface area (Å²) in [6.07, 6.45) is 2.02. The second kappa shape index (κ2) is 8.07. The lowest BCUT2D eigenvalue weighted by atomic mass is 10.1. The number of hydrogen-bond acceptors (Lipinski definition) is 5. The minimum atomic E-state index is -2.68. The number of nitrogens with one attached hydrogen (secondary N) is 2. The normalized spacial score (nSPS) is 10.7. The highest BCUT2D eigenvalue weighted by Crippen LogP contribution is 2.29. The van der Waals surface area contributed by atoms with Gasteiger partial charge in [0.15, 0.2) is 0 Å². The smallest absolute Gasteiger partial charge is 0.222 e. The van der Waals surface area contributed by atoms with Gasteiger partial charge in [-0.3, -0.25) is 4.72 Å². The summed E-state index contributed by atoms with van der Waals surface area (Å²) in [5.41, 5.74) is 1.39. The van der Waals surface area contributed by atoms with Crippen molar-refractivity contribution in [2.45, 2.75) is 11.4 Å². The van der Waals surface area contributed by atoms with Crippen molar-refractivity contribution < 1.29 is 13.2 Å². The van der Waals surface area contributed by atoms with E-state index in [1.807, 2.05) is 37.6 Å². The molecule has 0 aromatic heterocycles. The van der Waals surface area contributed by atoms with Crippen LogP contribution < -0.4 is 14.8 Å². The summed E-state index contributed by atoms with van der Waals surface area (Å²) in [4.78, 5) is 1.17. The van der Waals surface area contributed by atoms with Crippen LogP contribution in [0.5, 0.6) is 11.5 Å². The second-order valence-corrected chi connectivity index (χ2v) is 6.12. The summed E-state index contributed by atoms with van der Waals surface area (Å²) in [5.74, 6) is 1.43. The van der Waals surface area contributed by atoms with Crippen molar-refractivity contribution in [2.75, 3.05) is 18.0 Å². The van der Waals surface area contributed by atoms with Gasteiger partial charge in [-0.25, -0.2) is 8.42 Å². The molecular weight excluding hydrogens is 320 g/mol. The fraction of sp³-hybridized carbons (Fsp3) is 0.200. The first-order chi connectivity index (χ1) is 10.6. The van der Waals surface area contributed by atoms with Crippen molar-refractivity contribution >= 4 is 28.3 Å². The Morgan fingerprint density at radius 3 is 2.45 bits per heavy atom. The van der Waals surface area contributed by atoms with Gasteiger partial charge in [-0.1, -0.05) is 0 Å². The van der Waals surface area contributed by atoms with Crippen molar-refractivity contribution in [1.29, 1.82) is 0 Å². The molecule has 0 bridgehead atoms.